The van der Waals surface area contributed by atoms with Crippen LogP contribution in [-0.4, -0.2) is 34.5 Å². The summed E-state index contributed by atoms with van der Waals surface area (Å²) in [6, 6.07) is 0. The first-order chi connectivity index (χ1) is 7.14. The molecule has 0 aromatic heterocycles. The molecule has 1 atom stereocenters. The third-order valence-corrected chi connectivity index (χ3v) is 5.96. The Morgan fingerprint density at radius 2 is 1.93 bits per heavy atom. The van der Waals surface area contributed by atoms with E-state index in [0.717, 1.165) is 25.7 Å². The first-order valence-corrected chi connectivity index (χ1v) is 7.71. The molecule has 15 heavy (non-hydrogen) atoms. The van der Waals surface area contributed by atoms with E-state index in [0.29, 0.717) is 0 Å². The summed E-state index contributed by atoms with van der Waals surface area (Å²) < 4.78 is 10.8. The molecular weight excluding hydrogens is 210 g/mol. The Morgan fingerprint density at radius 1 is 1.33 bits per heavy atom. The first-order valence-electron chi connectivity index (χ1n) is 5.31. The number of unbranched alkanes of at least 4 members (excludes halogenated alkanes) is 2. The van der Waals surface area contributed by atoms with Gasteiger partial charge in [0.2, 0.25) is 6.08 Å². The van der Waals surface area contributed by atoms with Gasteiger partial charge in [-0.25, -0.2) is 9.79 Å². The Morgan fingerprint density at radius 3 is 2.33 bits per heavy atom. The van der Waals surface area contributed by atoms with Crippen molar-refractivity contribution in [2.24, 2.45) is 4.99 Å². The van der Waals surface area contributed by atoms with Crippen LogP contribution in [0.25, 0.3) is 0 Å². The van der Waals surface area contributed by atoms with Crippen LogP contribution < -0.4 is 0 Å². The molecule has 0 N–H and O–H groups in total. The molecule has 0 saturated carbocycles. The Balaban J connectivity index is 4.42. The Hall–Kier alpha value is -0.483. The minimum absolute atomic E-state index is 0.142. The predicted octanol–water partition coefficient (Wildman–Crippen LogP) is 2.18. The van der Waals surface area contributed by atoms with E-state index >= 15 is 0 Å². The lowest BCUT2D eigenvalue weighted by Gasteiger charge is -2.28. The average molecular weight is 231 g/mol. The van der Waals surface area contributed by atoms with E-state index in [1.54, 1.807) is 20.3 Å². The van der Waals surface area contributed by atoms with Gasteiger partial charge in [0.15, 0.2) is 0 Å². The molecule has 0 aromatic carbocycles. The van der Waals surface area contributed by atoms with Crippen molar-refractivity contribution in [3.63, 3.8) is 0 Å². The van der Waals surface area contributed by atoms with E-state index < -0.39 is 8.56 Å². The molecule has 5 heteroatoms. The van der Waals surface area contributed by atoms with Gasteiger partial charge in [0, 0.05) is 14.2 Å². The van der Waals surface area contributed by atoms with Crippen molar-refractivity contribution >= 4 is 14.6 Å². The highest BCUT2D eigenvalue weighted by atomic mass is 28.4. The van der Waals surface area contributed by atoms with Crippen LogP contribution in [0.5, 0.6) is 0 Å². The summed E-state index contributed by atoms with van der Waals surface area (Å²) in [5, 5.41) is 0. The van der Waals surface area contributed by atoms with E-state index in [4.69, 9.17) is 8.85 Å². The average Bonchev–Trinajstić information content (AvgIpc) is 2.27. The standard InChI is InChI=1S/C10H21NO3Si/c1-5-6-7-8-10(11-9-12)15(4,13-2)14-3/h10H,5-8H2,1-4H3. The van der Waals surface area contributed by atoms with Crippen LogP contribution in [0.1, 0.15) is 32.6 Å². The minimum atomic E-state index is -2.33. The van der Waals surface area contributed by atoms with Crippen molar-refractivity contribution < 1.29 is 13.6 Å². The van der Waals surface area contributed by atoms with Gasteiger partial charge in [-0.1, -0.05) is 26.2 Å². The zero-order chi connectivity index (χ0) is 11.7. The summed E-state index contributed by atoms with van der Waals surface area (Å²) in [7, 11) is 0.901. The molecular formula is C10H21NO3Si. The van der Waals surface area contributed by atoms with Gasteiger partial charge in [-0.3, -0.25) is 0 Å². The topological polar surface area (TPSA) is 47.9 Å². The second-order valence-corrected chi connectivity index (χ2v) is 7.17. The van der Waals surface area contributed by atoms with Gasteiger partial charge < -0.3 is 8.85 Å². The lowest BCUT2D eigenvalue weighted by atomic mass is 10.2. The molecule has 0 fully saturated rings. The quantitative estimate of drug-likeness (QED) is 0.278. The molecule has 0 aliphatic rings. The molecule has 0 aromatic rings. The Bertz CT molecular complexity index is 213. The molecule has 0 aliphatic carbocycles. The Labute approximate surface area is 92.9 Å². The second-order valence-electron chi connectivity index (χ2n) is 3.66. The van der Waals surface area contributed by atoms with Crippen LogP contribution in [-0.2, 0) is 13.6 Å². The SMILES string of the molecule is CCCCCC(N=C=O)[Si](C)(OC)OC. The summed E-state index contributed by atoms with van der Waals surface area (Å²) in [5.41, 5.74) is -0.142. The van der Waals surface area contributed by atoms with Crippen molar-refractivity contribution in [1.29, 1.82) is 0 Å². The maximum atomic E-state index is 10.3. The zero-order valence-electron chi connectivity index (χ0n) is 10.1. The van der Waals surface area contributed by atoms with Crippen molar-refractivity contribution in [3.8, 4) is 0 Å². The molecule has 88 valence electrons. The third-order valence-electron chi connectivity index (χ3n) is 2.71. The van der Waals surface area contributed by atoms with Crippen molar-refractivity contribution in [2.45, 2.75) is 44.8 Å². The Kier molecular flexibility index (Phi) is 7.51. The molecule has 0 radical (unpaired) electrons. The van der Waals surface area contributed by atoms with Gasteiger partial charge in [-0.15, -0.1) is 0 Å². The fourth-order valence-corrected chi connectivity index (χ4v) is 3.18. The van der Waals surface area contributed by atoms with Gasteiger partial charge in [0.25, 0.3) is 0 Å². The fourth-order valence-electron chi connectivity index (χ4n) is 1.45. The van der Waals surface area contributed by atoms with Gasteiger partial charge in [-0.05, 0) is 13.0 Å². The zero-order valence-corrected chi connectivity index (χ0v) is 11.1. The fraction of sp³-hybridized carbons (Fsp3) is 0.900. The van der Waals surface area contributed by atoms with Crippen LogP contribution in [0.2, 0.25) is 6.55 Å². The molecule has 0 spiro atoms. The number of isocyanates is 1. The van der Waals surface area contributed by atoms with Crippen LogP contribution >= 0.6 is 0 Å². The molecule has 0 amide bonds. The summed E-state index contributed by atoms with van der Waals surface area (Å²) >= 11 is 0. The highest BCUT2D eigenvalue weighted by Crippen LogP contribution is 2.19. The van der Waals surface area contributed by atoms with Gasteiger partial charge in [0.05, 0.1) is 0 Å². The van der Waals surface area contributed by atoms with Crippen LogP contribution in [0.15, 0.2) is 4.99 Å². The van der Waals surface area contributed by atoms with Gasteiger partial charge in [0.1, 0.15) is 5.67 Å². The van der Waals surface area contributed by atoms with E-state index in [1.807, 2.05) is 6.55 Å². The second kappa shape index (κ2) is 7.76. The lowest BCUT2D eigenvalue weighted by Crippen LogP contribution is -2.48. The molecule has 0 rings (SSSR count). The predicted molar refractivity (Wildman–Crippen MR) is 61.7 cm³/mol. The van der Waals surface area contributed by atoms with Crippen molar-refractivity contribution in [1.82, 2.24) is 0 Å². The summed E-state index contributed by atoms with van der Waals surface area (Å²) in [5.74, 6) is 0. The number of carbonyl (C=O) groups excluding carboxylic acids is 1. The van der Waals surface area contributed by atoms with Gasteiger partial charge in [-0.2, -0.15) is 0 Å². The van der Waals surface area contributed by atoms with E-state index in [9.17, 15) is 4.79 Å². The number of aliphatic imine (C=N–C) groups is 1. The van der Waals surface area contributed by atoms with E-state index in [1.165, 1.54) is 0 Å². The van der Waals surface area contributed by atoms with E-state index in [-0.39, 0.29) is 5.67 Å². The highest BCUT2D eigenvalue weighted by Gasteiger charge is 2.39. The third kappa shape index (κ3) is 4.71. The smallest absolute Gasteiger partial charge is 0.360 e. The number of nitrogens with zero attached hydrogens (tertiary/aromatic N) is 1. The molecule has 0 aliphatic heterocycles. The minimum Gasteiger partial charge on any atom is -0.397 e. The van der Waals surface area contributed by atoms with Gasteiger partial charge >= 0.3 is 8.56 Å². The monoisotopic (exact) mass is 231 g/mol. The molecule has 0 heterocycles. The lowest BCUT2D eigenvalue weighted by molar-refractivity contribution is 0.235. The largest absolute Gasteiger partial charge is 0.397 e. The maximum Gasteiger partial charge on any atom is 0.360 e. The summed E-state index contributed by atoms with van der Waals surface area (Å²) in [4.78, 5) is 14.2. The highest BCUT2D eigenvalue weighted by molar-refractivity contribution is 6.67. The van der Waals surface area contributed by atoms with Crippen LogP contribution in [0, 0.1) is 0 Å². The molecule has 4 nitrogen and oxygen atoms in total. The van der Waals surface area contributed by atoms with Crippen LogP contribution in [0.3, 0.4) is 0 Å². The molecule has 0 saturated heterocycles. The number of hydrogen-bond acceptors (Lipinski definition) is 4. The van der Waals surface area contributed by atoms with Crippen LogP contribution in [0.4, 0.5) is 0 Å². The van der Waals surface area contributed by atoms with Crippen molar-refractivity contribution in [2.75, 3.05) is 14.2 Å². The number of hydrogen-bond donors (Lipinski definition) is 0. The summed E-state index contributed by atoms with van der Waals surface area (Å²) in [6.07, 6.45) is 5.79. The molecule has 0 bridgehead atoms. The normalized spacial score (nSPS) is 13.3. The van der Waals surface area contributed by atoms with E-state index in [2.05, 4.69) is 11.9 Å². The summed E-state index contributed by atoms with van der Waals surface area (Å²) in [6.45, 7) is 4.06. The first kappa shape index (κ1) is 14.5. The van der Waals surface area contributed by atoms with Crippen molar-refractivity contribution in [3.05, 3.63) is 0 Å². The number of rotatable bonds is 8. The molecule has 1 unspecified atom stereocenters. The maximum absolute atomic E-state index is 10.3.